The number of hydrogen-bond donors (Lipinski definition) is 0. The molecule has 0 radical (unpaired) electrons. The largest absolute Gasteiger partial charge is 1.00 e. The Kier molecular flexibility index (Phi) is 199. The van der Waals surface area contributed by atoms with Crippen molar-refractivity contribution >= 4 is 17.0 Å². The van der Waals surface area contributed by atoms with Crippen LogP contribution in [-0.2, 0) is 0 Å². The highest BCUT2D eigenvalue weighted by Gasteiger charge is -0.114. The molecule has 0 fully saturated rings. The van der Waals surface area contributed by atoms with E-state index in [1.165, 1.54) is 0 Å². The summed E-state index contributed by atoms with van der Waals surface area (Å²) in [6, 6.07) is 0. The van der Waals surface area contributed by atoms with E-state index >= 15 is 0 Å². The van der Waals surface area contributed by atoms with Crippen molar-refractivity contribution in [2.75, 3.05) is 0 Å². The van der Waals surface area contributed by atoms with Crippen LogP contribution < -0.4 is 50.9 Å². The van der Waals surface area contributed by atoms with Gasteiger partial charge in [-0.3, -0.25) is 0 Å². The highest BCUT2D eigenvalue weighted by atomic mass is 79.9. The average molecular weight is 321 g/mol. The van der Waals surface area contributed by atoms with Gasteiger partial charge in [0.1, 0.15) is 0 Å². The van der Waals surface area contributed by atoms with Gasteiger partial charge in [0.15, 0.2) is 0 Å². The lowest BCUT2D eigenvalue weighted by Gasteiger charge is -1.00. The quantitative estimate of drug-likeness (QED) is 0.416. The van der Waals surface area contributed by atoms with Crippen LogP contribution in [0.2, 0.25) is 0 Å². The van der Waals surface area contributed by atoms with E-state index in [1.807, 2.05) is 0 Å². The predicted octanol–water partition coefficient (Wildman–Crippen LogP) is -8.41. The molecule has 32 valence electrons. The molecule has 0 N–H and O–H groups in total. The molecule has 0 aliphatic heterocycles. The van der Waals surface area contributed by atoms with Crippen molar-refractivity contribution in [2.45, 2.75) is 0 Å². The van der Waals surface area contributed by atoms with Gasteiger partial charge >= 0.3 is 0 Å². The van der Waals surface area contributed by atoms with Crippen molar-refractivity contribution < 1.29 is 50.9 Å². The summed E-state index contributed by atoms with van der Waals surface area (Å²) in [5.74, 6) is 0. The zero-order valence-electron chi connectivity index (χ0n) is 1.54. The Hall–Kier alpha value is 1.92. The van der Waals surface area contributed by atoms with E-state index in [1.54, 1.807) is 0 Å². The fourth-order valence-electron chi connectivity index (χ4n) is 0. The maximum atomic E-state index is 0. The first-order valence-electron chi connectivity index (χ1n) is 0. The molecule has 0 aromatic rings. The van der Waals surface area contributed by atoms with Crippen molar-refractivity contribution in [1.82, 2.24) is 0 Å². The average Bonchev–Trinajstić information content (AvgIpc) is 0. The minimum Gasteiger partial charge on any atom is -1.00 e. The molecule has 0 spiro atoms. The molecule has 4 heavy (non-hydrogen) atoms. The second kappa shape index (κ2) is 20.5. The molecule has 0 unspecified atom stereocenters. The summed E-state index contributed by atoms with van der Waals surface area (Å²) in [4.78, 5) is 0. The molecule has 0 atom stereocenters. The number of rotatable bonds is 0. The van der Waals surface area contributed by atoms with Gasteiger partial charge in [0.25, 0.3) is 0 Å². The molecule has 0 aliphatic rings. The van der Waals surface area contributed by atoms with Crippen molar-refractivity contribution in [1.29, 1.82) is 0 Å². The molecule has 0 aromatic heterocycles. The van der Waals surface area contributed by atoms with E-state index in [9.17, 15) is 0 Å². The Balaban J connectivity index is 0. The Morgan fingerprint density at radius 2 is 0.500 bits per heavy atom. The summed E-state index contributed by atoms with van der Waals surface area (Å²) in [5, 5.41) is 0. The molecule has 0 saturated heterocycles. The summed E-state index contributed by atoms with van der Waals surface area (Å²) in [6.07, 6.45) is 0. The minimum atomic E-state index is 0. The fourth-order valence-corrected chi connectivity index (χ4v) is 0. The Morgan fingerprint density at radius 1 is 0.500 bits per heavy atom. The van der Waals surface area contributed by atoms with E-state index in [4.69, 9.17) is 0 Å². The van der Waals surface area contributed by atoms with Crippen molar-refractivity contribution in [3.8, 4) is 0 Å². The van der Waals surface area contributed by atoms with E-state index in [0.717, 1.165) is 0 Å². The van der Waals surface area contributed by atoms with E-state index < -0.39 is 0 Å². The van der Waals surface area contributed by atoms with Crippen LogP contribution in [0.4, 0.5) is 0 Å². The lowest BCUT2D eigenvalue weighted by molar-refractivity contribution is -0.00100. The second-order valence-electron chi connectivity index (χ2n) is 0. The molecule has 0 saturated carbocycles. The van der Waals surface area contributed by atoms with Crippen LogP contribution >= 0.6 is 17.0 Å². The lowest BCUT2D eigenvalue weighted by atomic mass is 79.9. The fraction of sp³-hybridized carbons (Fsp3) is 0. The predicted molar refractivity (Wildman–Crippen MR) is 10.3 cm³/mol. The van der Waals surface area contributed by atoms with Gasteiger partial charge in [-0.05, 0) is 0 Å². The maximum absolute atomic E-state index is 0. The van der Waals surface area contributed by atoms with Crippen LogP contribution in [-0.4, -0.2) is 0 Å². The summed E-state index contributed by atoms with van der Waals surface area (Å²) in [5.41, 5.74) is 0. The third-order valence-electron chi connectivity index (χ3n) is 0. The van der Waals surface area contributed by atoms with Gasteiger partial charge in [0.05, 0.1) is 0 Å². The van der Waals surface area contributed by atoms with Gasteiger partial charge in [-0.1, -0.05) is 0 Å². The SMILES string of the molecule is Br.[Br-].[Br-].[Br-]. The van der Waals surface area contributed by atoms with Gasteiger partial charge in [-0.25, -0.2) is 0 Å². The summed E-state index contributed by atoms with van der Waals surface area (Å²) in [7, 11) is 0. The molecule has 0 aromatic carbocycles. The van der Waals surface area contributed by atoms with Gasteiger partial charge in [0.2, 0.25) is 0 Å². The Morgan fingerprint density at radius 3 is 0.500 bits per heavy atom. The molecule has 0 rings (SSSR count). The molecular weight excluding hydrogens is 320 g/mol. The van der Waals surface area contributed by atoms with E-state index in [2.05, 4.69) is 0 Å². The third kappa shape index (κ3) is 9.07. The summed E-state index contributed by atoms with van der Waals surface area (Å²) < 4.78 is 0. The summed E-state index contributed by atoms with van der Waals surface area (Å²) in [6.45, 7) is 0. The normalized spacial score (nSPS) is 0. The second-order valence-corrected chi connectivity index (χ2v) is 0. The molecule has 0 bridgehead atoms. The smallest absolute Gasteiger partial charge is 0.114 e. The third-order valence-corrected chi connectivity index (χ3v) is 0. The van der Waals surface area contributed by atoms with Gasteiger partial charge < -0.3 is 50.9 Å². The standard InChI is InChI=1S/4BrH/h4*1H/p-3. The Bertz CT molecular complexity index is 0. The molecule has 0 nitrogen and oxygen atoms in total. The van der Waals surface area contributed by atoms with Crippen LogP contribution in [0.1, 0.15) is 0 Å². The molecular formula is HBr4-3. The summed E-state index contributed by atoms with van der Waals surface area (Å²) >= 11 is 0. The highest BCUT2D eigenvalue weighted by Crippen LogP contribution is 0.846. The number of halogens is 4. The van der Waals surface area contributed by atoms with Crippen LogP contribution in [0, 0.1) is 0 Å². The zero-order chi connectivity index (χ0) is 0. The highest BCUT2D eigenvalue weighted by molar-refractivity contribution is 8.93. The molecule has 0 amide bonds. The van der Waals surface area contributed by atoms with Crippen LogP contribution in [0.25, 0.3) is 0 Å². The van der Waals surface area contributed by atoms with Crippen molar-refractivity contribution in [3.05, 3.63) is 0 Å². The van der Waals surface area contributed by atoms with Crippen molar-refractivity contribution in [2.24, 2.45) is 0 Å². The van der Waals surface area contributed by atoms with Gasteiger partial charge in [-0.15, -0.1) is 17.0 Å². The Labute approximate surface area is 67.4 Å². The van der Waals surface area contributed by atoms with Crippen LogP contribution in [0.5, 0.6) is 0 Å². The minimum absolute atomic E-state index is 0. The lowest BCUT2D eigenvalue weighted by Crippen LogP contribution is -3.00. The molecule has 0 aliphatic carbocycles. The van der Waals surface area contributed by atoms with Crippen LogP contribution in [0.15, 0.2) is 0 Å². The first-order valence-corrected chi connectivity index (χ1v) is 0. The van der Waals surface area contributed by atoms with E-state index in [-0.39, 0.29) is 67.9 Å². The van der Waals surface area contributed by atoms with Gasteiger partial charge in [0, 0.05) is 0 Å². The monoisotopic (exact) mass is 317 g/mol. The molecule has 0 heterocycles. The molecule has 4 heteroatoms. The van der Waals surface area contributed by atoms with Crippen molar-refractivity contribution in [3.63, 3.8) is 0 Å². The maximum Gasteiger partial charge on any atom is -0.114 e. The number of hydrogen-bond acceptors (Lipinski definition) is 0. The van der Waals surface area contributed by atoms with Gasteiger partial charge in [-0.2, -0.15) is 0 Å². The first kappa shape index (κ1) is 38.9. The van der Waals surface area contributed by atoms with Crippen LogP contribution in [0.3, 0.4) is 0 Å². The zero-order valence-corrected chi connectivity index (χ0v) is 8.01. The topological polar surface area (TPSA) is 0 Å². The van der Waals surface area contributed by atoms with E-state index in [0.29, 0.717) is 0 Å². The first-order chi connectivity index (χ1) is 0.